The van der Waals surface area contributed by atoms with Crippen molar-refractivity contribution in [1.82, 2.24) is 9.78 Å². The molecule has 0 aliphatic rings. The molecule has 0 radical (unpaired) electrons. The maximum absolute atomic E-state index is 12.6. The van der Waals surface area contributed by atoms with Crippen LogP contribution < -0.4 is 14.8 Å². The molecule has 4 aromatic rings. The molecule has 0 bridgehead atoms. The number of aryl methyl sites for hydroxylation is 1. The Kier molecular flexibility index (Phi) is 6.55. The normalized spacial score (nSPS) is 10.7. The smallest absolute Gasteiger partial charge is 0.225 e. The van der Waals surface area contributed by atoms with E-state index in [9.17, 15) is 4.79 Å². The number of methoxy groups -OCH3 is 2. The first-order valence-electron chi connectivity index (χ1n) is 10.3. The molecule has 0 unspecified atom stereocenters. The fraction of sp³-hybridized carbons (Fsp3) is 0.200. The third-order valence-corrected chi connectivity index (χ3v) is 5.11. The van der Waals surface area contributed by atoms with Crippen LogP contribution in [0.1, 0.15) is 17.7 Å². The molecule has 0 atom stereocenters. The molecule has 7 nitrogen and oxygen atoms in total. The molecule has 2 aromatic carbocycles. The molecule has 1 amide bonds. The summed E-state index contributed by atoms with van der Waals surface area (Å²) in [4.78, 5) is 12.6. The van der Waals surface area contributed by atoms with Crippen LogP contribution in [0.25, 0.3) is 11.3 Å². The summed E-state index contributed by atoms with van der Waals surface area (Å²) in [6.45, 7) is 0.432. The van der Waals surface area contributed by atoms with E-state index in [0.29, 0.717) is 36.7 Å². The van der Waals surface area contributed by atoms with Crippen molar-refractivity contribution in [3.63, 3.8) is 0 Å². The first kappa shape index (κ1) is 21.2. The van der Waals surface area contributed by atoms with E-state index in [-0.39, 0.29) is 5.91 Å². The van der Waals surface area contributed by atoms with E-state index in [0.717, 1.165) is 22.6 Å². The maximum atomic E-state index is 12.6. The van der Waals surface area contributed by atoms with Gasteiger partial charge in [0.1, 0.15) is 17.3 Å². The van der Waals surface area contributed by atoms with Crippen molar-refractivity contribution in [2.75, 3.05) is 19.5 Å². The highest BCUT2D eigenvalue weighted by atomic mass is 16.5. The number of ether oxygens (including phenoxy) is 2. The number of para-hydroxylation sites is 1. The van der Waals surface area contributed by atoms with Gasteiger partial charge in [-0.2, -0.15) is 5.10 Å². The zero-order valence-electron chi connectivity index (χ0n) is 18.1. The molecule has 4 rings (SSSR count). The van der Waals surface area contributed by atoms with Gasteiger partial charge in [0.15, 0.2) is 11.5 Å². The monoisotopic (exact) mass is 431 g/mol. The predicted octanol–water partition coefficient (Wildman–Crippen LogP) is 4.78. The third kappa shape index (κ3) is 4.83. The molecule has 2 heterocycles. The summed E-state index contributed by atoms with van der Waals surface area (Å²) < 4.78 is 18.5. The minimum absolute atomic E-state index is 0.109. The number of aromatic nitrogens is 2. The molecule has 164 valence electrons. The molecule has 1 N–H and O–H groups in total. The third-order valence-electron chi connectivity index (χ3n) is 5.11. The van der Waals surface area contributed by atoms with Crippen LogP contribution in [0.15, 0.2) is 77.3 Å². The summed E-state index contributed by atoms with van der Waals surface area (Å²) in [6, 6.07) is 21.2. The van der Waals surface area contributed by atoms with Gasteiger partial charge in [0.2, 0.25) is 5.91 Å². The number of nitrogens with one attached hydrogen (secondary N) is 1. The van der Waals surface area contributed by atoms with Crippen LogP contribution in [0, 0.1) is 0 Å². The molecule has 0 aliphatic carbocycles. The second-order valence-corrected chi connectivity index (χ2v) is 7.21. The summed E-state index contributed by atoms with van der Waals surface area (Å²) >= 11 is 0. The molecule has 0 saturated heterocycles. The molecule has 0 saturated carbocycles. The van der Waals surface area contributed by atoms with Crippen LogP contribution >= 0.6 is 0 Å². The van der Waals surface area contributed by atoms with Gasteiger partial charge in [-0.05, 0) is 18.2 Å². The lowest BCUT2D eigenvalue weighted by atomic mass is 10.2. The number of benzene rings is 2. The molecule has 7 heteroatoms. The van der Waals surface area contributed by atoms with Crippen molar-refractivity contribution in [2.45, 2.75) is 19.4 Å². The lowest BCUT2D eigenvalue weighted by molar-refractivity contribution is -0.116. The van der Waals surface area contributed by atoms with Crippen molar-refractivity contribution < 1.29 is 18.7 Å². The van der Waals surface area contributed by atoms with Gasteiger partial charge in [0, 0.05) is 30.0 Å². The van der Waals surface area contributed by atoms with Crippen LogP contribution in [0.2, 0.25) is 0 Å². The van der Waals surface area contributed by atoms with Crippen molar-refractivity contribution in [2.24, 2.45) is 0 Å². The molecule has 0 spiro atoms. The maximum Gasteiger partial charge on any atom is 0.225 e. The molecule has 32 heavy (non-hydrogen) atoms. The van der Waals surface area contributed by atoms with E-state index < -0.39 is 0 Å². The number of rotatable bonds is 9. The number of anilines is 1. The highest BCUT2D eigenvalue weighted by Crippen LogP contribution is 2.31. The number of carbonyl (C=O) groups is 1. The van der Waals surface area contributed by atoms with Gasteiger partial charge in [-0.25, -0.2) is 4.68 Å². The van der Waals surface area contributed by atoms with Gasteiger partial charge >= 0.3 is 0 Å². The van der Waals surface area contributed by atoms with Crippen molar-refractivity contribution in [3.05, 3.63) is 84.3 Å². The van der Waals surface area contributed by atoms with Gasteiger partial charge in [0.25, 0.3) is 0 Å². The van der Waals surface area contributed by atoms with Crippen LogP contribution in [-0.2, 0) is 17.8 Å². The fourth-order valence-electron chi connectivity index (χ4n) is 3.52. The van der Waals surface area contributed by atoms with Gasteiger partial charge in [0.05, 0.1) is 27.0 Å². The number of furan rings is 1. The van der Waals surface area contributed by atoms with E-state index in [1.807, 2.05) is 60.7 Å². The highest BCUT2D eigenvalue weighted by Gasteiger charge is 2.14. The first-order valence-corrected chi connectivity index (χ1v) is 10.3. The largest absolute Gasteiger partial charge is 0.493 e. The number of hydrogen-bond acceptors (Lipinski definition) is 5. The summed E-state index contributed by atoms with van der Waals surface area (Å²) in [7, 11) is 3.20. The zero-order valence-corrected chi connectivity index (χ0v) is 18.1. The first-order chi connectivity index (χ1) is 15.7. The second kappa shape index (κ2) is 9.87. The minimum Gasteiger partial charge on any atom is -0.493 e. The Morgan fingerprint density at radius 2 is 1.84 bits per heavy atom. The van der Waals surface area contributed by atoms with E-state index in [2.05, 4.69) is 10.4 Å². The van der Waals surface area contributed by atoms with Crippen LogP contribution in [0.5, 0.6) is 11.5 Å². The van der Waals surface area contributed by atoms with Gasteiger partial charge < -0.3 is 19.2 Å². The highest BCUT2D eigenvalue weighted by molar-refractivity contribution is 5.89. The Morgan fingerprint density at radius 1 is 1.00 bits per heavy atom. The Bertz CT molecular complexity index is 1180. The minimum atomic E-state index is -0.109. The van der Waals surface area contributed by atoms with Gasteiger partial charge in [-0.15, -0.1) is 0 Å². The van der Waals surface area contributed by atoms with E-state index >= 15 is 0 Å². The Morgan fingerprint density at radius 3 is 2.62 bits per heavy atom. The SMILES string of the molecule is COc1cccc(Cn2nccc2NC(=O)CCc2ccc(-c3ccccc3)o2)c1OC. The Hall–Kier alpha value is -4.00. The summed E-state index contributed by atoms with van der Waals surface area (Å²) in [5, 5.41) is 7.27. The number of carbonyl (C=O) groups excluding carboxylic acids is 1. The van der Waals surface area contributed by atoms with E-state index in [1.54, 1.807) is 31.2 Å². The Balaban J connectivity index is 1.38. The second-order valence-electron chi connectivity index (χ2n) is 7.21. The summed E-state index contributed by atoms with van der Waals surface area (Å²) in [6.07, 6.45) is 2.47. The summed E-state index contributed by atoms with van der Waals surface area (Å²) in [5.41, 5.74) is 1.91. The van der Waals surface area contributed by atoms with E-state index in [4.69, 9.17) is 13.9 Å². The molecule has 0 aliphatic heterocycles. The number of amides is 1. The topological polar surface area (TPSA) is 78.5 Å². The van der Waals surface area contributed by atoms with Crippen LogP contribution in [-0.4, -0.2) is 29.9 Å². The molecular formula is C25H25N3O4. The standard InChI is InChI=1S/C25H25N3O4/c1-30-22-10-6-9-19(25(22)31-2)17-28-23(15-16-26-28)27-24(29)14-12-20-11-13-21(32-20)18-7-4-3-5-8-18/h3-11,13,15-16H,12,14,17H2,1-2H3,(H,27,29). The summed E-state index contributed by atoms with van der Waals surface area (Å²) in [5.74, 6) is 3.37. The van der Waals surface area contributed by atoms with Crippen LogP contribution in [0.3, 0.4) is 0 Å². The van der Waals surface area contributed by atoms with Crippen molar-refractivity contribution in [1.29, 1.82) is 0 Å². The molecule has 0 fully saturated rings. The average Bonchev–Trinajstić information content (AvgIpc) is 3.48. The van der Waals surface area contributed by atoms with Crippen LogP contribution in [0.4, 0.5) is 5.82 Å². The quantitative estimate of drug-likeness (QED) is 0.413. The van der Waals surface area contributed by atoms with Gasteiger partial charge in [-0.1, -0.05) is 42.5 Å². The number of hydrogen-bond donors (Lipinski definition) is 1. The molecule has 2 aromatic heterocycles. The number of nitrogens with zero attached hydrogens (tertiary/aromatic N) is 2. The molecular weight excluding hydrogens is 406 g/mol. The lowest BCUT2D eigenvalue weighted by Gasteiger charge is -2.14. The van der Waals surface area contributed by atoms with Crippen molar-refractivity contribution in [3.8, 4) is 22.8 Å². The van der Waals surface area contributed by atoms with E-state index in [1.165, 1.54) is 0 Å². The predicted molar refractivity (Wildman–Crippen MR) is 122 cm³/mol. The van der Waals surface area contributed by atoms with Crippen molar-refractivity contribution >= 4 is 11.7 Å². The Labute approximate surface area is 186 Å². The zero-order chi connectivity index (χ0) is 22.3. The average molecular weight is 431 g/mol. The fourth-order valence-corrected chi connectivity index (χ4v) is 3.52. The van der Waals surface area contributed by atoms with Gasteiger partial charge in [-0.3, -0.25) is 4.79 Å². The lowest BCUT2D eigenvalue weighted by Crippen LogP contribution is -2.16.